The monoisotopic (exact) mass is 563 g/mol. The van der Waals surface area contributed by atoms with Gasteiger partial charge < -0.3 is 19.5 Å². The standard InChI is InChI=1S/C33H42FN3O4/c1-21-8-9-23(18-26(21)34)12-17-40-24-10-11-27(36-19-24)25-20-35-22(2)28(30(31(38)39)41-32(3,4)5)29(25)37-15-13-33(6,7)14-16-37/h8-11,18-20,30H,12-17H2,1-7H3,(H,38,39). The average Bonchev–Trinajstić information content (AvgIpc) is 2.89. The number of anilines is 1. The topological polar surface area (TPSA) is 84.8 Å². The molecule has 1 unspecified atom stereocenters. The van der Waals surface area contributed by atoms with Crippen molar-refractivity contribution >= 4 is 11.7 Å². The van der Waals surface area contributed by atoms with E-state index in [0.717, 1.165) is 42.7 Å². The number of aromatic nitrogens is 2. The minimum atomic E-state index is -1.18. The molecular weight excluding hydrogens is 521 g/mol. The third-order valence-electron chi connectivity index (χ3n) is 7.59. The molecule has 0 aliphatic carbocycles. The Labute approximate surface area is 242 Å². The molecule has 2 aromatic heterocycles. The molecule has 1 N–H and O–H groups in total. The number of aryl methyl sites for hydroxylation is 2. The summed E-state index contributed by atoms with van der Waals surface area (Å²) in [7, 11) is 0. The van der Waals surface area contributed by atoms with Crippen molar-refractivity contribution in [3.8, 4) is 17.0 Å². The molecule has 7 nitrogen and oxygen atoms in total. The second-order valence-electron chi connectivity index (χ2n) is 12.7. The maximum atomic E-state index is 13.9. The van der Waals surface area contributed by atoms with Crippen LogP contribution in [0.15, 0.2) is 42.7 Å². The molecule has 1 saturated heterocycles. The number of rotatable bonds is 9. The summed E-state index contributed by atoms with van der Waals surface area (Å²) in [6.45, 7) is 15.6. The summed E-state index contributed by atoms with van der Waals surface area (Å²) in [6.07, 6.45) is 4.80. The number of aliphatic carboxylic acids is 1. The van der Waals surface area contributed by atoms with Crippen LogP contribution in [0.3, 0.4) is 0 Å². The van der Waals surface area contributed by atoms with Crippen molar-refractivity contribution in [3.63, 3.8) is 0 Å². The van der Waals surface area contributed by atoms with Crippen LogP contribution in [-0.2, 0) is 16.0 Å². The van der Waals surface area contributed by atoms with Crippen LogP contribution in [0.1, 0.15) is 75.9 Å². The molecule has 0 amide bonds. The normalized spacial score (nSPS) is 16.0. The lowest BCUT2D eigenvalue weighted by atomic mass is 9.82. The lowest BCUT2D eigenvalue weighted by molar-refractivity contribution is -0.160. The fourth-order valence-corrected chi connectivity index (χ4v) is 5.08. The van der Waals surface area contributed by atoms with Crippen LogP contribution in [0, 0.1) is 25.1 Å². The predicted molar refractivity (Wildman–Crippen MR) is 159 cm³/mol. The van der Waals surface area contributed by atoms with Crippen molar-refractivity contribution in [3.05, 3.63) is 70.9 Å². The zero-order chi connectivity index (χ0) is 29.9. The summed E-state index contributed by atoms with van der Waals surface area (Å²) >= 11 is 0. The van der Waals surface area contributed by atoms with Crippen LogP contribution in [0.25, 0.3) is 11.3 Å². The van der Waals surface area contributed by atoms with Gasteiger partial charge in [0.15, 0.2) is 6.10 Å². The Kier molecular flexibility index (Phi) is 9.02. The molecule has 0 bridgehead atoms. The molecule has 1 aromatic carbocycles. The second kappa shape index (κ2) is 12.1. The maximum absolute atomic E-state index is 13.9. The first-order valence-electron chi connectivity index (χ1n) is 14.2. The second-order valence-corrected chi connectivity index (χ2v) is 12.7. The molecule has 8 heteroatoms. The van der Waals surface area contributed by atoms with Crippen molar-refractivity contribution in [1.29, 1.82) is 0 Å². The summed E-state index contributed by atoms with van der Waals surface area (Å²) < 4.78 is 25.9. The third-order valence-corrected chi connectivity index (χ3v) is 7.59. The smallest absolute Gasteiger partial charge is 0.337 e. The van der Waals surface area contributed by atoms with E-state index in [0.29, 0.717) is 41.3 Å². The number of benzene rings is 1. The summed E-state index contributed by atoms with van der Waals surface area (Å²) in [5.74, 6) is -0.668. The number of hydrogen-bond acceptors (Lipinski definition) is 6. The van der Waals surface area contributed by atoms with E-state index in [9.17, 15) is 14.3 Å². The Morgan fingerprint density at radius 3 is 2.39 bits per heavy atom. The zero-order valence-corrected chi connectivity index (χ0v) is 25.3. The lowest BCUT2D eigenvalue weighted by Gasteiger charge is -2.40. The SMILES string of the molecule is Cc1ccc(CCOc2ccc(-c3cnc(C)c(C(OC(C)(C)C)C(=O)O)c3N3CCC(C)(C)CC3)nc2)cc1F. The predicted octanol–water partition coefficient (Wildman–Crippen LogP) is 7.09. The average molecular weight is 564 g/mol. The number of ether oxygens (including phenoxy) is 2. The van der Waals surface area contributed by atoms with Gasteiger partial charge in [0.25, 0.3) is 0 Å². The Bertz CT molecular complexity index is 1370. The Balaban J connectivity index is 1.66. The molecule has 1 fully saturated rings. The van der Waals surface area contributed by atoms with Crippen LogP contribution in [0.4, 0.5) is 10.1 Å². The maximum Gasteiger partial charge on any atom is 0.337 e. The van der Waals surface area contributed by atoms with Crippen molar-refractivity contribution in [2.24, 2.45) is 5.41 Å². The van der Waals surface area contributed by atoms with Gasteiger partial charge in [0.05, 0.1) is 29.8 Å². The Hall–Kier alpha value is -3.52. The lowest BCUT2D eigenvalue weighted by Crippen LogP contribution is -2.39. The molecule has 0 radical (unpaired) electrons. The highest BCUT2D eigenvalue weighted by molar-refractivity contribution is 5.85. The first-order chi connectivity index (χ1) is 19.2. The minimum Gasteiger partial charge on any atom is -0.492 e. The highest BCUT2D eigenvalue weighted by Gasteiger charge is 2.36. The van der Waals surface area contributed by atoms with Crippen LogP contribution in [0.2, 0.25) is 0 Å². The van der Waals surface area contributed by atoms with Gasteiger partial charge in [0, 0.05) is 42.5 Å². The van der Waals surface area contributed by atoms with Crippen LogP contribution < -0.4 is 9.64 Å². The van der Waals surface area contributed by atoms with Gasteiger partial charge >= 0.3 is 5.97 Å². The largest absolute Gasteiger partial charge is 0.492 e. The van der Waals surface area contributed by atoms with Crippen LogP contribution >= 0.6 is 0 Å². The number of carboxylic acid groups (broad SMARTS) is 1. The number of hydrogen-bond donors (Lipinski definition) is 1. The van der Waals surface area contributed by atoms with E-state index in [1.54, 1.807) is 31.5 Å². The molecule has 1 aliphatic rings. The van der Waals surface area contributed by atoms with Crippen molar-refractivity contribution < 1.29 is 23.8 Å². The minimum absolute atomic E-state index is 0.217. The summed E-state index contributed by atoms with van der Waals surface area (Å²) in [6, 6.07) is 8.93. The van der Waals surface area contributed by atoms with E-state index >= 15 is 0 Å². The Morgan fingerprint density at radius 1 is 1.10 bits per heavy atom. The molecule has 3 heterocycles. The number of pyridine rings is 2. The van der Waals surface area contributed by atoms with E-state index in [4.69, 9.17) is 14.5 Å². The van der Waals surface area contributed by atoms with Gasteiger partial charge in [-0.05, 0) is 82.2 Å². The fourth-order valence-electron chi connectivity index (χ4n) is 5.08. The molecule has 41 heavy (non-hydrogen) atoms. The highest BCUT2D eigenvalue weighted by Crippen LogP contribution is 2.43. The quantitative estimate of drug-likeness (QED) is 0.298. The van der Waals surface area contributed by atoms with Gasteiger partial charge in [-0.2, -0.15) is 0 Å². The van der Waals surface area contributed by atoms with Gasteiger partial charge in [-0.1, -0.05) is 26.0 Å². The summed E-state index contributed by atoms with van der Waals surface area (Å²) in [5, 5.41) is 10.3. The molecular formula is C33H42FN3O4. The molecule has 220 valence electrons. The summed E-state index contributed by atoms with van der Waals surface area (Å²) in [4.78, 5) is 24.2. The number of carbonyl (C=O) groups is 1. The molecule has 0 spiro atoms. The van der Waals surface area contributed by atoms with E-state index in [1.807, 2.05) is 45.9 Å². The third kappa shape index (κ3) is 7.61. The number of piperidine rings is 1. The van der Waals surface area contributed by atoms with Gasteiger partial charge in [-0.25, -0.2) is 9.18 Å². The molecule has 4 rings (SSSR count). The van der Waals surface area contributed by atoms with Crippen molar-refractivity contribution in [2.45, 2.75) is 79.4 Å². The molecule has 0 saturated carbocycles. The van der Waals surface area contributed by atoms with Crippen LogP contribution in [-0.4, -0.2) is 46.3 Å². The molecule has 1 aliphatic heterocycles. The first-order valence-corrected chi connectivity index (χ1v) is 14.2. The number of halogens is 1. The Morgan fingerprint density at radius 2 is 1.80 bits per heavy atom. The van der Waals surface area contributed by atoms with Gasteiger partial charge in [0.1, 0.15) is 11.6 Å². The summed E-state index contributed by atoms with van der Waals surface area (Å²) in [5.41, 5.74) is 4.47. The van der Waals surface area contributed by atoms with Crippen molar-refractivity contribution in [2.75, 3.05) is 24.6 Å². The van der Waals surface area contributed by atoms with E-state index < -0.39 is 17.7 Å². The highest BCUT2D eigenvalue weighted by atomic mass is 19.1. The number of carboxylic acids is 1. The van der Waals surface area contributed by atoms with E-state index in [1.165, 1.54) is 0 Å². The number of nitrogens with zero attached hydrogens (tertiary/aromatic N) is 3. The van der Waals surface area contributed by atoms with E-state index in [-0.39, 0.29) is 11.2 Å². The zero-order valence-electron chi connectivity index (χ0n) is 25.3. The van der Waals surface area contributed by atoms with Crippen molar-refractivity contribution in [1.82, 2.24) is 9.97 Å². The fraction of sp³-hybridized carbons (Fsp3) is 0.485. The van der Waals surface area contributed by atoms with E-state index in [2.05, 4.69) is 23.7 Å². The van der Waals surface area contributed by atoms with Gasteiger partial charge in [-0.3, -0.25) is 9.97 Å². The van der Waals surface area contributed by atoms with Gasteiger partial charge in [0.2, 0.25) is 0 Å². The first kappa shape index (κ1) is 30.4. The molecule has 1 atom stereocenters. The van der Waals surface area contributed by atoms with Crippen LogP contribution in [0.5, 0.6) is 5.75 Å². The molecule has 3 aromatic rings. The van der Waals surface area contributed by atoms with Gasteiger partial charge in [-0.15, -0.1) is 0 Å².